The van der Waals surface area contributed by atoms with Gasteiger partial charge in [-0.05, 0) is 30.7 Å². The number of amides is 1. The molecule has 0 saturated heterocycles. The largest absolute Gasteiger partial charge is 0.466 e. The molecule has 0 atom stereocenters. The van der Waals surface area contributed by atoms with E-state index in [-0.39, 0.29) is 18.3 Å². The first-order chi connectivity index (χ1) is 12.7. The molecule has 5 heteroatoms. The predicted octanol–water partition coefficient (Wildman–Crippen LogP) is 3.25. The minimum Gasteiger partial charge on any atom is -0.466 e. The molecule has 5 nitrogen and oxygen atoms in total. The van der Waals surface area contributed by atoms with Crippen LogP contribution in [-0.4, -0.2) is 30.0 Å². The highest BCUT2D eigenvalue weighted by atomic mass is 16.5. The highest BCUT2D eigenvalue weighted by Crippen LogP contribution is 2.23. The highest BCUT2D eigenvalue weighted by molar-refractivity contribution is 5.94. The van der Waals surface area contributed by atoms with E-state index in [9.17, 15) is 9.59 Å². The van der Waals surface area contributed by atoms with Gasteiger partial charge in [-0.25, -0.2) is 0 Å². The number of ether oxygens (including phenoxy) is 1. The van der Waals surface area contributed by atoms with Crippen LogP contribution in [0.1, 0.15) is 28.5 Å². The average Bonchev–Trinajstić information content (AvgIpc) is 3.00. The van der Waals surface area contributed by atoms with E-state index in [0.717, 1.165) is 22.2 Å². The Hall–Kier alpha value is -3.08. The molecular formula is C21H22N2O3. The zero-order valence-corrected chi connectivity index (χ0v) is 14.7. The maximum absolute atomic E-state index is 12.2. The van der Waals surface area contributed by atoms with Crippen LogP contribution in [0.15, 0.2) is 54.6 Å². The minimum atomic E-state index is -0.244. The summed E-state index contributed by atoms with van der Waals surface area (Å²) in [7, 11) is 0. The molecule has 0 fully saturated rings. The maximum Gasteiger partial charge on any atom is 0.310 e. The van der Waals surface area contributed by atoms with Gasteiger partial charge in [-0.1, -0.05) is 36.4 Å². The molecule has 0 aliphatic carbocycles. The molecule has 0 bridgehead atoms. The lowest BCUT2D eigenvalue weighted by Crippen LogP contribution is -2.26. The van der Waals surface area contributed by atoms with Crippen molar-refractivity contribution >= 4 is 22.8 Å². The SMILES string of the molecule is CCOC(=O)Cc1c(CCNC(=O)c2ccccc2)[nH]c2ccccc12. The molecule has 0 aliphatic rings. The normalized spacial score (nSPS) is 10.7. The van der Waals surface area contributed by atoms with E-state index in [2.05, 4.69) is 10.3 Å². The van der Waals surface area contributed by atoms with E-state index in [1.807, 2.05) is 42.5 Å². The fourth-order valence-electron chi connectivity index (χ4n) is 3.02. The van der Waals surface area contributed by atoms with Gasteiger partial charge in [0, 0.05) is 35.1 Å². The number of esters is 1. The number of carbonyl (C=O) groups is 2. The summed E-state index contributed by atoms with van der Waals surface area (Å²) >= 11 is 0. The van der Waals surface area contributed by atoms with Crippen LogP contribution in [0.5, 0.6) is 0 Å². The van der Waals surface area contributed by atoms with E-state index in [1.165, 1.54) is 0 Å². The molecule has 3 aromatic rings. The van der Waals surface area contributed by atoms with Gasteiger partial charge in [0.15, 0.2) is 0 Å². The van der Waals surface area contributed by atoms with Gasteiger partial charge < -0.3 is 15.0 Å². The average molecular weight is 350 g/mol. The molecule has 134 valence electrons. The Labute approximate surface area is 152 Å². The van der Waals surface area contributed by atoms with Crippen LogP contribution >= 0.6 is 0 Å². The minimum absolute atomic E-state index is 0.103. The lowest BCUT2D eigenvalue weighted by Gasteiger charge is -2.07. The topological polar surface area (TPSA) is 71.2 Å². The highest BCUT2D eigenvalue weighted by Gasteiger charge is 2.15. The summed E-state index contributed by atoms with van der Waals surface area (Å²) < 4.78 is 5.10. The molecule has 3 rings (SSSR count). The number of benzene rings is 2. The molecule has 2 aromatic carbocycles. The van der Waals surface area contributed by atoms with E-state index in [0.29, 0.717) is 25.1 Å². The Balaban J connectivity index is 1.72. The Bertz CT molecular complexity index is 900. The van der Waals surface area contributed by atoms with Crippen LogP contribution in [0.3, 0.4) is 0 Å². The van der Waals surface area contributed by atoms with Gasteiger partial charge in [-0.3, -0.25) is 9.59 Å². The smallest absolute Gasteiger partial charge is 0.310 e. The van der Waals surface area contributed by atoms with E-state index >= 15 is 0 Å². The Kier molecular flexibility index (Phi) is 5.69. The molecule has 0 saturated carbocycles. The lowest BCUT2D eigenvalue weighted by atomic mass is 10.1. The van der Waals surface area contributed by atoms with Crippen LogP contribution in [0, 0.1) is 0 Å². The number of para-hydroxylation sites is 1. The molecule has 1 heterocycles. The molecule has 1 amide bonds. The predicted molar refractivity (Wildman–Crippen MR) is 101 cm³/mol. The molecule has 0 radical (unpaired) electrons. The number of aromatic amines is 1. The third-order valence-electron chi connectivity index (χ3n) is 4.22. The van der Waals surface area contributed by atoms with E-state index in [1.54, 1.807) is 19.1 Å². The van der Waals surface area contributed by atoms with Gasteiger partial charge in [0.1, 0.15) is 0 Å². The van der Waals surface area contributed by atoms with Crippen LogP contribution in [0.2, 0.25) is 0 Å². The van der Waals surface area contributed by atoms with E-state index < -0.39 is 0 Å². The molecule has 0 unspecified atom stereocenters. The summed E-state index contributed by atoms with van der Waals surface area (Å²) in [6.07, 6.45) is 0.835. The summed E-state index contributed by atoms with van der Waals surface area (Å²) in [5.41, 5.74) is 3.51. The molecule has 2 N–H and O–H groups in total. The fraction of sp³-hybridized carbons (Fsp3) is 0.238. The molecular weight excluding hydrogens is 328 g/mol. The number of hydrogen-bond acceptors (Lipinski definition) is 3. The first kappa shape index (κ1) is 17.7. The first-order valence-electron chi connectivity index (χ1n) is 8.76. The second-order valence-corrected chi connectivity index (χ2v) is 5.98. The van der Waals surface area contributed by atoms with Crippen molar-refractivity contribution in [3.05, 3.63) is 71.4 Å². The quantitative estimate of drug-likeness (QED) is 0.643. The van der Waals surface area contributed by atoms with Gasteiger partial charge >= 0.3 is 5.97 Å². The van der Waals surface area contributed by atoms with Gasteiger partial charge in [0.05, 0.1) is 13.0 Å². The van der Waals surface area contributed by atoms with Crippen molar-refractivity contribution in [1.82, 2.24) is 10.3 Å². The third-order valence-corrected chi connectivity index (χ3v) is 4.22. The van der Waals surface area contributed by atoms with Gasteiger partial charge in [-0.2, -0.15) is 0 Å². The Morgan fingerprint density at radius 1 is 1.04 bits per heavy atom. The van der Waals surface area contributed by atoms with Gasteiger partial charge in [0.2, 0.25) is 0 Å². The van der Waals surface area contributed by atoms with Gasteiger partial charge in [0.25, 0.3) is 5.91 Å². The van der Waals surface area contributed by atoms with Crippen molar-refractivity contribution in [3.8, 4) is 0 Å². The number of carbonyl (C=O) groups excluding carboxylic acids is 2. The van der Waals surface area contributed by atoms with Crippen LogP contribution in [0.25, 0.3) is 10.9 Å². The van der Waals surface area contributed by atoms with Crippen molar-refractivity contribution in [1.29, 1.82) is 0 Å². The van der Waals surface area contributed by atoms with Crippen molar-refractivity contribution < 1.29 is 14.3 Å². The van der Waals surface area contributed by atoms with Gasteiger partial charge in [-0.15, -0.1) is 0 Å². The van der Waals surface area contributed by atoms with Crippen molar-refractivity contribution in [2.75, 3.05) is 13.2 Å². The number of aromatic nitrogens is 1. The molecule has 0 aliphatic heterocycles. The number of nitrogens with one attached hydrogen (secondary N) is 2. The third kappa shape index (κ3) is 4.11. The summed E-state index contributed by atoms with van der Waals surface area (Å²) in [5, 5.41) is 3.94. The standard InChI is InChI=1S/C21H22N2O3/c1-2-26-20(24)14-17-16-10-6-7-11-18(16)23-19(17)12-13-22-21(25)15-8-4-3-5-9-15/h3-11,23H,2,12-14H2,1H3,(H,22,25). The zero-order valence-electron chi connectivity index (χ0n) is 14.7. The van der Waals surface area contributed by atoms with Crippen molar-refractivity contribution in [2.24, 2.45) is 0 Å². The van der Waals surface area contributed by atoms with Crippen molar-refractivity contribution in [2.45, 2.75) is 19.8 Å². The Morgan fingerprint density at radius 3 is 2.54 bits per heavy atom. The molecule has 1 aromatic heterocycles. The first-order valence-corrected chi connectivity index (χ1v) is 8.76. The molecule has 0 spiro atoms. The van der Waals surface area contributed by atoms with Crippen LogP contribution < -0.4 is 5.32 Å². The summed E-state index contributed by atoms with van der Waals surface area (Å²) in [6.45, 7) is 2.65. The second kappa shape index (κ2) is 8.34. The second-order valence-electron chi connectivity index (χ2n) is 5.98. The lowest BCUT2D eigenvalue weighted by molar-refractivity contribution is -0.142. The zero-order chi connectivity index (χ0) is 18.4. The molecule has 26 heavy (non-hydrogen) atoms. The fourth-order valence-corrected chi connectivity index (χ4v) is 3.02. The van der Waals surface area contributed by atoms with Crippen LogP contribution in [0.4, 0.5) is 0 Å². The summed E-state index contributed by atoms with van der Waals surface area (Å²) in [5.74, 6) is -0.347. The Morgan fingerprint density at radius 2 is 1.77 bits per heavy atom. The number of fused-ring (bicyclic) bond motifs is 1. The monoisotopic (exact) mass is 350 g/mol. The summed E-state index contributed by atoms with van der Waals surface area (Å²) in [6, 6.07) is 17.0. The number of rotatable bonds is 7. The number of hydrogen-bond donors (Lipinski definition) is 2. The van der Waals surface area contributed by atoms with Crippen LogP contribution in [-0.2, 0) is 22.4 Å². The van der Waals surface area contributed by atoms with E-state index in [4.69, 9.17) is 4.74 Å². The number of H-pyrrole nitrogens is 1. The summed E-state index contributed by atoms with van der Waals surface area (Å²) in [4.78, 5) is 27.5. The maximum atomic E-state index is 12.2. The van der Waals surface area contributed by atoms with Crippen molar-refractivity contribution in [3.63, 3.8) is 0 Å².